The van der Waals surface area contributed by atoms with Crippen LogP contribution in [0.3, 0.4) is 0 Å². The van der Waals surface area contributed by atoms with Gasteiger partial charge in [-0.15, -0.1) is 0 Å². The van der Waals surface area contributed by atoms with E-state index in [-0.39, 0.29) is 5.41 Å². The quantitative estimate of drug-likeness (QED) is 0.792. The van der Waals surface area contributed by atoms with Gasteiger partial charge in [-0.05, 0) is 47.4 Å². The van der Waals surface area contributed by atoms with Crippen molar-refractivity contribution in [2.45, 2.75) is 53.4 Å². The Labute approximate surface area is 99.5 Å². The van der Waals surface area contributed by atoms with Crippen LogP contribution < -0.4 is 0 Å². The summed E-state index contributed by atoms with van der Waals surface area (Å²) in [6, 6.07) is 4.07. The Hall–Kier alpha value is -0.980. The van der Waals surface area contributed by atoms with Gasteiger partial charge in [0.2, 0.25) is 0 Å². The summed E-state index contributed by atoms with van der Waals surface area (Å²) in [5, 5.41) is 9.82. The molecule has 0 saturated heterocycles. The molecule has 0 fully saturated rings. The molecule has 0 amide bonds. The fraction of sp³-hybridized carbons (Fsp3) is 0.600. The number of benzene rings is 1. The highest BCUT2D eigenvalue weighted by Gasteiger charge is 2.19. The van der Waals surface area contributed by atoms with Crippen molar-refractivity contribution in [2.24, 2.45) is 5.92 Å². The summed E-state index contributed by atoms with van der Waals surface area (Å²) in [6.45, 7) is 13.0. The second kappa shape index (κ2) is 4.48. The SMILES string of the molecule is Cc1cc(CC(C)C)c(C(C)(C)C)cc1O. The van der Waals surface area contributed by atoms with E-state index in [0.29, 0.717) is 11.7 Å². The van der Waals surface area contributed by atoms with Crippen LogP contribution in [-0.2, 0) is 11.8 Å². The van der Waals surface area contributed by atoms with E-state index in [9.17, 15) is 5.11 Å². The molecule has 1 N–H and O–H groups in total. The van der Waals surface area contributed by atoms with Gasteiger partial charge in [-0.2, -0.15) is 0 Å². The lowest BCUT2D eigenvalue weighted by molar-refractivity contribution is 0.465. The lowest BCUT2D eigenvalue weighted by atomic mass is 9.81. The van der Waals surface area contributed by atoms with Gasteiger partial charge < -0.3 is 5.11 Å². The van der Waals surface area contributed by atoms with Gasteiger partial charge in [-0.3, -0.25) is 0 Å². The Morgan fingerprint density at radius 1 is 1.19 bits per heavy atom. The molecule has 0 radical (unpaired) electrons. The second-order valence-electron chi connectivity index (χ2n) is 6.14. The number of phenols is 1. The number of rotatable bonds is 2. The molecule has 16 heavy (non-hydrogen) atoms. The minimum atomic E-state index is 0.0927. The summed E-state index contributed by atoms with van der Waals surface area (Å²) in [7, 11) is 0. The summed E-state index contributed by atoms with van der Waals surface area (Å²) in [5.74, 6) is 1.06. The van der Waals surface area contributed by atoms with Crippen LogP contribution in [0.15, 0.2) is 12.1 Å². The zero-order valence-corrected chi connectivity index (χ0v) is 11.4. The minimum absolute atomic E-state index is 0.0927. The number of hydrogen-bond acceptors (Lipinski definition) is 1. The lowest BCUT2D eigenvalue weighted by Crippen LogP contribution is -2.15. The van der Waals surface area contributed by atoms with Crippen LogP contribution in [0.25, 0.3) is 0 Å². The molecule has 0 spiro atoms. The summed E-state index contributed by atoms with van der Waals surface area (Å²) in [5.41, 5.74) is 3.71. The molecule has 1 rings (SSSR count). The van der Waals surface area contributed by atoms with Gasteiger partial charge in [-0.25, -0.2) is 0 Å². The van der Waals surface area contributed by atoms with E-state index in [1.54, 1.807) is 0 Å². The maximum absolute atomic E-state index is 9.82. The predicted octanol–water partition coefficient (Wildman–Crippen LogP) is 4.20. The third-order valence-corrected chi connectivity index (χ3v) is 2.86. The van der Waals surface area contributed by atoms with Crippen molar-refractivity contribution < 1.29 is 5.11 Å². The predicted molar refractivity (Wildman–Crippen MR) is 70.1 cm³/mol. The average Bonchev–Trinajstić information content (AvgIpc) is 2.08. The van der Waals surface area contributed by atoms with Crippen LogP contribution in [0.4, 0.5) is 0 Å². The van der Waals surface area contributed by atoms with E-state index >= 15 is 0 Å². The van der Waals surface area contributed by atoms with Gasteiger partial charge in [0, 0.05) is 0 Å². The summed E-state index contributed by atoms with van der Waals surface area (Å²) in [6.07, 6.45) is 1.08. The highest BCUT2D eigenvalue weighted by atomic mass is 16.3. The third-order valence-electron chi connectivity index (χ3n) is 2.86. The van der Waals surface area contributed by atoms with Gasteiger partial charge >= 0.3 is 0 Å². The van der Waals surface area contributed by atoms with E-state index in [1.165, 1.54) is 11.1 Å². The molecular formula is C15H24O. The molecule has 0 bridgehead atoms. The first-order chi connectivity index (χ1) is 7.21. The normalized spacial score (nSPS) is 12.2. The fourth-order valence-electron chi connectivity index (χ4n) is 2.06. The first-order valence-corrected chi connectivity index (χ1v) is 6.04. The maximum Gasteiger partial charge on any atom is 0.118 e. The number of hydrogen-bond donors (Lipinski definition) is 1. The zero-order valence-electron chi connectivity index (χ0n) is 11.4. The molecule has 1 aromatic carbocycles. The highest BCUT2D eigenvalue weighted by molar-refractivity contribution is 5.44. The van der Waals surface area contributed by atoms with E-state index in [2.05, 4.69) is 40.7 Å². The number of aryl methyl sites for hydroxylation is 1. The molecule has 1 nitrogen and oxygen atoms in total. The van der Waals surface area contributed by atoms with Crippen LogP contribution in [0, 0.1) is 12.8 Å². The summed E-state index contributed by atoms with van der Waals surface area (Å²) >= 11 is 0. The van der Waals surface area contributed by atoms with Crippen molar-refractivity contribution in [3.05, 3.63) is 28.8 Å². The third kappa shape index (κ3) is 3.01. The van der Waals surface area contributed by atoms with E-state index in [1.807, 2.05) is 13.0 Å². The van der Waals surface area contributed by atoms with Crippen molar-refractivity contribution in [1.82, 2.24) is 0 Å². The molecule has 0 aliphatic rings. The largest absolute Gasteiger partial charge is 0.508 e. The number of aromatic hydroxyl groups is 1. The highest BCUT2D eigenvalue weighted by Crippen LogP contribution is 2.32. The van der Waals surface area contributed by atoms with Gasteiger partial charge in [0.1, 0.15) is 5.75 Å². The maximum atomic E-state index is 9.82. The molecule has 0 heterocycles. The van der Waals surface area contributed by atoms with E-state index < -0.39 is 0 Å². The molecular weight excluding hydrogens is 196 g/mol. The van der Waals surface area contributed by atoms with E-state index in [0.717, 1.165) is 12.0 Å². The second-order valence-corrected chi connectivity index (χ2v) is 6.14. The molecule has 1 aromatic rings. The molecule has 90 valence electrons. The van der Waals surface area contributed by atoms with E-state index in [4.69, 9.17) is 0 Å². The smallest absolute Gasteiger partial charge is 0.118 e. The van der Waals surface area contributed by atoms with Gasteiger partial charge in [0.25, 0.3) is 0 Å². The van der Waals surface area contributed by atoms with Crippen molar-refractivity contribution in [2.75, 3.05) is 0 Å². The van der Waals surface area contributed by atoms with Gasteiger partial charge in [-0.1, -0.05) is 40.7 Å². The summed E-state index contributed by atoms with van der Waals surface area (Å²) in [4.78, 5) is 0. The molecule has 1 heteroatoms. The lowest BCUT2D eigenvalue weighted by Gasteiger charge is -2.24. The van der Waals surface area contributed by atoms with Crippen LogP contribution in [0.1, 0.15) is 51.3 Å². The van der Waals surface area contributed by atoms with Crippen LogP contribution in [0.2, 0.25) is 0 Å². The first-order valence-electron chi connectivity index (χ1n) is 6.04. The van der Waals surface area contributed by atoms with Gasteiger partial charge in [0.15, 0.2) is 0 Å². The van der Waals surface area contributed by atoms with Crippen LogP contribution in [0.5, 0.6) is 5.75 Å². The molecule has 0 aliphatic carbocycles. The van der Waals surface area contributed by atoms with Crippen molar-refractivity contribution >= 4 is 0 Å². The van der Waals surface area contributed by atoms with Crippen molar-refractivity contribution in [3.8, 4) is 5.75 Å². The average molecular weight is 220 g/mol. The van der Waals surface area contributed by atoms with Gasteiger partial charge in [0.05, 0.1) is 0 Å². The van der Waals surface area contributed by atoms with Crippen molar-refractivity contribution in [3.63, 3.8) is 0 Å². The van der Waals surface area contributed by atoms with Crippen molar-refractivity contribution in [1.29, 1.82) is 0 Å². The van der Waals surface area contributed by atoms with Crippen LogP contribution in [-0.4, -0.2) is 5.11 Å². The molecule has 0 unspecified atom stereocenters. The Morgan fingerprint density at radius 2 is 1.75 bits per heavy atom. The Kier molecular flexibility index (Phi) is 3.67. The standard InChI is InChI=1S/C15H24O/c1-10(2)7-12-8-11(3)14(16)9-13(12)15(4,5)6/h8-10,16H,7H2,1-6H3. The first kappa shape index (κ1) is 13.1. The fourth-order valence-corrected chi connectivity index (χ4v) is 2.06. The molecule has 0 aromatic heterocycles. The summed E-state index contributed by atoms with van der Waals surface area (Å²) < 4.78 is 0. The molecule has 0 aliphatic heterocycles. The molecule has 0 atom stereocenters. The minimum Gasteiger partial charge on any atom is -0.508 e. The Bertz CT molecular complexity index is 370. The van der Waals surface area contributed by atoms with Crippen LogP contribution >= 0.6 is 0 Å². The molecule has 0 saturated carbocycles. The number of phenolic OH excluding ortho intramolecular Hbond substituents is 1. The topological polar surface area (TPSA) is 20.2 Å². The Balaban J connectivity index is 3.28. The Morgan fingerprint density at radius 3 is 2.19 bits per heavy atom. The zero-order chi connectivity index (χ0) is 12.5. The monoisotopic (exact) mass is 220 g/mol.